The molecule has 1 heterocycles. The zero-order valence-electron chi connectivity index (χ0n) is 15.7. The van der Waals surface area contributed by atoms with Crippen LogP contribution in [0.5, 0.6) is 11.5 Å². The summed E-state index contributed by atoms with van der Waals surface area (Å²) >= 11 is 7.89. The van der Waals surface area contributed by atoms with Crippen molar-refractivity contribution < 1.29 is 14.3 Å². The van der Waals surface area contributed by atoms with Gasteiger partial charge in [-0.05, 0) is 66.1 Å². The zero-order chi connectivity index (χ0) is 19.9. The molecule has 1 saturated heterocycles. The van der Waals surface area contributed by atoms with Crippen molar-refractivity contribution in [2.45, 2.75) is 19.3 Å². The number of rotatable bonds is 6. The van der Waals surface area contributed by atoms with E-state index in [9.17, 15) is 4.79 Å². The third kappa shape index (κ3) is 5.35. The normalized spacial score (nSPS) is 13.7. The first kappa shape index (κ1) is 20.9. The lowest BCUT2D eigenvalue weighted by molar-refractivity contribution is -0.118. The largest absolute Gasteiger partial charge is 0.493 e. The molecule has 0 aromatic heterocycles. The number of benzene rings is 2. The summed E-state index contributed by atoms with van der Waals surface area (Å²) in [6.45, 7) is 1.89. The second-order valence-electron chi connectivity index (χ2n) is 6.55. The molecule has 1 aliphatic rings. The number of likely N-dealkylation sites (tertiary alicyclic amines) is 1. The van der Waals surface area contributed by atoms with Crippen LogP contribution in [0.25, 0.3) is 0 Å². The highest BCUT2D eigenvalue weighted by molar-refractivity contribution is 14.1. The smallest absolute Gasteiger partial charge is 0.262 e. The van der Waals surface area contributed by atoms with Crippen LogP contribution >= 0.6 is 34.8 Å². The second kappa shape index (κ2) is 10.1. The average molecular weight is 510 g/mol. The number of amides is 1. The molecule has 0 saturated carbocycles. The van der Waals surface area contributed by atoms with Gasteiger partial charge in [0.1, 0.15) is 4.99 Å². The molecule has 5 nitrogen and oxygen atoms in total. The highest BCUT2D eigenvalue weighted by Gasteiger charge is 2.19. The van der Waals surface area contributed by atoms with E-state index in [2.05, 4.69) is 32.8 Å². The number of carbonyl (C=O) groups is 1. The number of para-hydroxylation sites is 1. The predicted octanol–water partition coefficient (Wildman–Crippen LogP) is 4.48. The molecule has 1 N–H and O–H groups in total. The highest BCUT2D eigenvalue weighted by Crippen LogP contribution is 2.34. The summed E-state index contributed by atoms with van der Waals surface area (Å²) in [5, 5.41) is 2.81. The fourth-order valence-corrected chi connectivity index (χ4v) is 4.18. The van der Waals surface area contributed by atoms with Gasteiger partial charge in [-0.3, -0.25) is 4.79 Å². The zero-order valence-corrected chi connectivity index (χ0v) is 18.7. The number of methoxy groups -OCH3 is 1. The van der Waals surface area contributed by atoms with Gasteiger partial charge >= 0.3 is 0 Å². The van der Waals surface area contributed by atoms with Crippen molar-refractivity contribution in [3.05, 3.63) is 51.6 Å². The number of hydrogen-bond acceptors (Lipinski definition) is 4. The lowest BCUT2D eigenvalue weighted by Crippen LogP contribution is -2.35. The predicted molar refractivity (Wildman–Crippen MR) is 123 cm³/mol. The molecule has 2 aromatic carbocycles. The minimum atomic E-state index is -0.225. The molecule has 0 bridgehead atoms. The SMILES string of the molecule is COc1cc(C(=S)N2CCCCC2)cc(I)c1OCC(=O)Nc1ccccc1. The van der Waals surface area contributed by atoms with E-state index >= 15 is 0 Å². The first-order valence-corrected chi connectivity index (χ1v) is 10.7. The molecular weight excluding hydrogens is 487 g/mol. The van der Waals surface area contributed by atoms with Crippen LogP contribution < -0.4 is 14.8 Å². The molecule has 1 aliphatic heterocycles. The molecule has 0 atom stereocenters. The van der Waals surface area contributed by atoms with Crippen molar-refractivity contribution >= 4 is 51.4 Å². The second-order valence-corrected chi connectivity index (χ2v) is 8.09. The van der Waals surface area contributed by atoms with E-state index < -0.39 is 0 Å². The molecule has 28 heavy (non-hydrogen) atoms. The number of piperidine rings is 1. The molecule has 0 aliphatic carbocycles. The van der Waals surface area contributed by atoms with Crippen LogP contribution in [0, 0.1) is 3.57 Å². The van der Waals surface area contributed by atoms with Gasteiger partial charge in [0.05, 0.1) is 10.7 Å². The standard InChI is InChI=1S/C21H23IN2O3S/c1-26-18-13-15(21(28)24-10-6-3-7-11-24)12-17(22)20(18)27-14-19(25)23-16-8-4-2-5-9-16/h2,4-5,8-9,12-13H,3,6-7,10-11,14H2,1H3,(H,23,25). The van der Waals surface area contributed by atoms with E-state index in [4.69, 9.17) is 21.7 Å². The Morgan fingerprint density at radius 2 is 1.89 bits per heavy atom. The van der Waals surface area contributed by atoms with E-state index in [0.717, 1.165) is 32.9 Å². The first-order valence-electron chi connectivity index (χ1n) is 9.23. The monoisotopic (exact) mass is 510 g/mol. The van der Waals surface area contributed by atoms with Crippen LogP contribution in [0.15, 0.2) is 42.5 Å². The van der Waals surface area contributed by atoms with Gasteiger partial charge in [-0.2, -0.15) is 0 Å². The maximum atomic E-state index is 12.2. The van der Waals surface area contributed by atoms with E-state index in [0.29, 0.717) is 11.5 Å². The fraction of sp³-hybridized carbons (Fsp3) is 0.333. The average Bonchev–Trinajstić information content (AvgIpc) is 2.73. The third-order valence-corrected chi connectivity index (χ3v) is 5.82. The van der Waals surface area contributed by atoms with Crippen molar-refractivity contribution in [1.82, 2.24) is 4.90 Å². The van der Waals surface area contributed by atoms with Crippen LogP contribution in [-0.4, -0.2) is 42.6 Å². The van der Waals surface area contributed by atoms with Crippen LogP contribution in [0.2, 0.25) is 0 Å². The van der Waals surface area contributed by atoms with Crippen molar-refractivity contribution in [2.75, 3.05) is 32.1 Å². The summed E-state index contributed by atoms with van der Waals surface area (Å²) in [4.78, 5) is 15.3. The number of hydrogen-bond donors (Lipinski definition) is 1. The van der Waals surface area contributed by atoms with Gasteiger partial charge in [-0.1, -0.05) is 30.4 Å². The topological polar surface area (TPSA) is 50.8 Å². The minimum Gasteiger partial charge on any atom is -0.493 e. The Kier molecular flexibility index (Phi) is 7.50. The van der Waals surface area contributed by atoms with Crippen molar-refractivity contribution in [3.8, 4) is 11.5 Å². The molecule has 1 amide bonds. The van der Waals surface area contributed by atoms with Gasteiger partial charge < -0.3 is 19.7 Å². The molecule has 1 fully saturated rings. The quantitative estimate of drug-likeness (QED) is 0.459. The number of carbonyl (C=O) groups excluding carboxylic acids is 1. The molecule has 0 radical (unpaired) electrons. The summed E-state index contributed by atoms with van der Waals surface area (Å²) in [5.74, 6) is 0.905. The highest BCUT2D eigenvalue weighted by atomic mass is 127. The lowest BCUT2D eigenvalue weighted by Gasteiger charge is -2.29. The molecule has 0 unspecified atom stereocenters. The maximum absolute atomic E-state index is 12.2. The Balaban J connectivity index is 1.69. The first-order chi connectivity index (χ1) is 13.6. The molecule has 3 rings (SSSR count). The van der Waals surface area contributed by atoms with Crippen LogP contribution in [0.4, 0.5) is 5.69 Å². The van der Waals surface area contributed by atoms with Gasteiger partial charge in [-0.25, -0.2) is 0 Å². The molecular formula is C21H23IN2O3S. The Bertz CT molecular complexity index is 839. The van der Waals surface area contributed by atoms with Gasteiger partial charge in [0.2, 0.25) is 0 Å². The Morgan fingerprint density at radius 1 is 1.18 bits per heavy atom. The fourth-order valence-electron chi connectivity index (χ4n) is 3.12. The molecule has 0 spiro atoms. The number of ether oxygens (including phenoxy) is 2. The van der Waals surface area contributed by atoms with Crippen molar-refractivity contribution in [3.63, 3.8) is 0 Å². The molecule has 2 aromatic rings. The number of anilines is 1. The number of thiocarbonyl (C=S) groups is 1. The van der Waals surface area contributed by atoms with Crippen LogP contribution in [-0.2, 0) is 4.79 Å². The van der Waals surface area contributed by atoms with Gasteiger partial charge in [0, 0.05) is 24.3 Å². The number of halogens is 1. The van der Waals surface area contributed by atoms with E-state index in [1.807, 2.05) is 42.5 Å². The summed E-state index contributed by atoms with van der Waals surface area (Å²) in [6, 6.07) is 13.2. The summed E-state index contributed by atoms with van der Waals surface area (Å²) < 4.78 is 12.1. The van der Waals surface area contributed by atoms with Crippen LogP contribution in [0.3, 0.4) is 0 Å². The minimum absolute atomic E-state index is 0.100. The van der Waals surface area contributed by atoms with Crippen molar-refractivity contribution in [1.29, 1.82) is 0 Å². The maximum Gasteiger partial charge on any atom is 0.262 e. The third-order valence-electron chi connectivity index (χ3n) is 4.52. The Labute approximate surface area is 184 Å². The van der Waals surface area contributed by atoms with Crippen LogP contribution in [0.1, 0.15) is 24.8 Å². The Hall–Kier alpha value is -1.87. The van der Waals surface area contributed by atoms with Gasteiger partial charge in [0.25, 0.3) is 5.91 Å². The van der Waals surface area contributed by atoms with E-state index in [1.165, 1.54) is 19.3 Å². The number of nitrogens with one attached hydrogen (secondary N) is 1. The van der Waals surface area contributed by atoms with Gasteiger partial charge in [-0.15, -0.1) is 0 Å². The van der Waals surface area contributed by atoms with E-state index in [1.54, 1.807) is 7.11 Å². The Morgan fingerprint density at radius 3 is 2.57 bits per heavy atom. The molecule has 148 valence electrons. The summed E-state index contributed by atoms with van der Waals surface area (Å²) in [6.07, 6.45) is 3.61. The summed E-state index contributed by atoms with van der Waals surface area (Å²) in [5.41, 5.74) is 1.68. The van der Waals surface area contributed by atoms with Gasteiger partial charge in [0.15, 0.2) is 18.1 Å². The van der Waals surface area contributed by atoms with Crippen molar-refractivity contribution in [2.24, 2.45) is 0 Å². The lowest BCUT2D eigenvalue weighted by atomic mass is 10.1. The molecule has 7 heteroatoms. The summed E-state index contributed by atoms with van der Waals surface area (Å²) in [7, 11) is 1.59. The van der Waals surface area contributed by atoms with E-state index in [-0.39, 0.29) is 12.5 Å². The number of nitrogens with zero attached hydrogens (tertiary/aromatic N) is 1.